The van der Waals surface area contributed by atoms with E-state index < -0.39 is 26.6 Å². The number of aliphatic hydroxyl groups is 1. The van der Waals surface area contributed by atoms with Crippen molar-refractivity contribution in [3.8, 4) is 0 Å². The van der Waals surface area contributed by atoms with Crippen LogP contribution in [0.4, 0.5) is 0 Å². The van der Waals surface area contributed by atoms with Crippen molar-refractivity contribution in [1.29, 1.82) is 0 Å². The predicted molar refractivity (Wildman–Crippen MR) is 223 cm³/mol. The molecule has 0 aliphatic heterocycles. The first-order valence-electron chi connectivity index (χ1n) is 22.6. The van der Waals surface area contributed by atoms with Crippen LogP contribution in [0.1, 0.15) is 245 Å². The number of carbonyl (C=O) groups is 1. The molecule has 0 aliphatic rings. The number of rotatable bonds is 42. The van der Waals surface area contributed by atoms with E-state index in [0.29, 0.717) is 6.42 Å². The number of phosphoric acid groups is 1. The molecule has 4 N–H and O–H groups in total. The average Bonchev–Trinajstić information content (AvgIpc) is 3.11. The van der Waals surface area contributed by atoms with Gasteiger partial charge in [-0.2, -0.15) is 0 Å². The number of aliphatic hydroxyl groups excluding tert-OH is 1. The molecule has 0 spiro atoms. The topological polar surface area (TPSA) is 116 Å². The lowest BCUT2D eigenvalue weighted by molar-refractivity contribution is -0.123. The normalized spacial score (nSPS) is 13.2. The van der Waals surface area contributed by atoms with E-state index in [4.69, 9.17) is 9.79 Å². The highest BCUT2D eigenvalue weighted by atomic mass is 31.2. The minimum Gasteiger partial charge on any atom is -0.387 e. The number of nitrogens with one attached hydrogen (secondary N) is 1. The molecule has 0 aromatic rings. The molecule has 0 saturated heterocycles. The van der Waals surface area contributed by atoms with Crippen LogP contribution >= 0.6 is 7.82 Å². The Morgan fingerprint density at radius 1 is 0.538 bits per heavy atom. The van der Waals surface area contributed by atoms with Crippen molar-refractivity contribution >= 4 is 13.7 Å². The second-order valence-corrected chi connectivity index (χ2v) is 17.0. The molecule has 7 nitrogen and oxygen atoms in total. The quantitative estimate of drug-likeness (QED) is 0.0280. The van der Waals surface area contributed by atoms with Crippen LogP contribution in [0.3, 0.4) is 0 Å². The third-order valence-corrected chi connectivity index (χ3v) is 11.0. The summed E-state index contributed by atoms with van der Waals surface area (Å²) in [6.45, 7) is 4.08. The van der Waals surface area contributed by atoms with Crippen molar-refractivity contribution in [3.05, 3.63) is 12.2 Å². The fraction of sp³-hybridized carbons (Fsp3) is 0.932. The van der Waals surface area contributed by atoms with Crippen LogP contribution in [0, 0.1) is 0 Å². The molecule has 0 saturated carbocycles. The van der Waals surface area contributed by atoms with E-state index in [1.165, 1.54) is 186 Å². The number of allylic oxidation sites excluding steroid dienone is 1. The number of unbranched alkanes of at least 4 members (excludes halogenated alkanes) is 33. The number of amides is 1. The van der Waals surface area contributed by atoms with Crippen LogP contribution in [0.25, 0.3) is 0 Å². The Kier molecular flexibility index (Phi) is 39.4. The van der Waals surface area contributed by atoms with Crippen molar-refractivity contribution in [2.75, 3.05) is 6.61 Å². The van der Waals surface area contributed by atoms with Gasteiger partial charge in [-0.25, -0.2) is 4.57 Å². The maximum absolute atomic E-state index is 12.6. The summed E-state index contributed by atoms with van der Waals surface area (Å²) in [5, 5.41) is 13.4. The molecule has 8 heteroatoms. The lowest BCUT2D eigenvalue weighted by Gasteiger charge is -2.22. The number of phosphoric ester groups is 1. The average molecular weight is 758 g/mol. The highest BCUT2D eigenvalue weighted by Crippen LogP contribution is 2.35. The van der Waals surface area contributed by atoms with Crippen LogP contribution in [-0.2, 0) is 13.9 Å². The highest BCUT2D eigenvalue weighted by molar-refractivity contribution is 7.46. The second kappa shape index (κ2) is 40.0. The zero-order valence-corrected chi connectivity index (χ0v) is 35.4. The maximum Gasteiger partial charge on any atom is 0.469 e. The second-order valence-electron chi connectivity index (χ2n) is 15.7. The van der Waals surface area contributed by atoms with E-state index in [9.17, 15) is 14.5 Å². The van der Waals surface area contributed by atoms with Crippen molar-refractivity contribution in [2.45, 2.75) is 257 Å². The van der Waals surface area contributed by atoms with Gasteiger partial charge in [0, 0.05) is 6.42 Å². The summed E-state index contributed by atoms with van der Waals surface area (Å²) in [7, 11) is -4.71. The predicted octanol–water partition coefficient (Wildman–Crippen LogP) is 13.6. The van der Waals surface area contributed by atoms with E-state index in [1.54, 1.807) is 6.08 Å². The van der Waals surface area contributed by atoms with Crippen molar-refractivity contribution in [3.63, 3.8) is 0 Å². The lowest BCUT2D eigenvalue weighted by atomic mass is 10.0. The zero-order chi connectivity index (χ0) is 38.2. The van der Waals surface area contributed by atoms with Crippen LogP contribution in [0.2, 0.25) is 0 Å². The SMILES string of the molecule is CCCCCCCCCCC/C=C/[C@@H](O)[C@H](COP(=O)(O)O)NC(=O)CCCCCCCCCCCCCCCCCCCCCCCCCCC. The maximum atomic E-state index is 12.6. The van der Waals surface area contributed by atoms with Crippen LogP contribution in [0.5, 0.6) is 0 Å². The van der Waals surface area contributed by atoms with Crippen molar-refractivity contribution in [1.82, 2.24) is 5.32 Å². The molecule has 2 atom stereocenters. The Morgan fingerprint density at radius 2 is 0.846 bits per heavy atom. The fourth-order valence-electron chi connectivity index (χ4n) is 7.05. The lowest BCUT2D eigenvalue weighted by Crippen LogP contribution is -2.45. The largest absolute Gasteiger partial charge is 0.469 e. The summed E-state index contributed by atoms with van der Waals surface area (Å²) in [4.78, 5) is 30.9. The molecule has 0 unspecified atom stereocenters. The molecule has 0 radical (unpaired) electrons. The molecule has 52 heavy (non-hydrogen) atoms. The minimum atomic E-state index is -4.71. The third-order valence-electron chi connectivity index (χ3n) is 10.5. The molecule has 0 aromatic carbocycles. The number of hydrogen-bond donors (Lipinski definition) is 4. The van der Waals surface area contributed by atoms with Gasteiger partial charge < -0.3 is 20.2 Å². The van der Waals surface area contributed by atoms with E-state index >= 15 is 0 Å². The third kappa shape index (κ3) is 40.5. The van der Waals surface area contributed by atoms with Gasteiger partial charge in [-0.3, -0.25) is 9.32 Å². The first kappa shape index (κ1) is 51.3. The Bertz CT molecular complexity index is 819. The van der Waals surface area contributed by atoms with Crippen LogP contribution < -0.4 is 5.32 Å². The van der Waals surface area contributed by atoms with Gasteiger partial charge in [-0.15, -0.1) is 0 Å². The fourth-order valence-corrected chi connectivity index (χ4v) is 7.40. The monoisotopic (exact) mass is 758 g/mol. The Labute approximate surface area is 322 Å². The molecule has 1 amide bonds. The highest BCUT2D eigenvalue weighted by Gasteiger charge is 2.24. The summed E-state index contributed by atoms with van der Waals surface area (Å²) < 4.78 is 15.9. The van der Waals surface area contributed by atoms with E-state index in [2.05, 4.69) is 23.7 Å². The van der Waals surface area contributed by atoms with Gasteiger partial charge in [0.15, 0.2) is 0 Å². The first-order valence-corrected chi connectivity index (χ1v) is 24.2. The molecule has 0 fully saturated rings. The number of hydrogen-bond acceptors (Lipinski definition) is 4. The molecule has 310 valence electrons. The van der Waals surface area contributed by atoms with Crippen molar-refractivity contribution < 1.29 is 28.8 Å². The Hall–Kier alpha value is -0.720. The number of carbonyl (C=O) groups excluding carboxylic acids is 1. The zero-order valence-electron chi connectivity index (χ0n) is 34.5. The van der Waals surface area contributed by atoms with Crippen molar-refractivity contribution in [2.24, 2.45) is 0 Å². The molecule has 0 aromatic heterocycles. The summed E-state index contributed by atoms with van der Waals surface area (Å²) in [5.74, 6) is -0.222. The van der Waals surface area contributed by atoms with Crippen LogP contribution in [0.15, 0.2) is 12.2 Å². The standard InChI is InChI=1S/C44H88NO6P/c1-3-5-7-9-11-13-15-16-17-18-19-20-21-22-23-24-25-26-27-28-30-32-34-36-38-40-44(47)45-42(41-51-52(48,49)50)43(46)39-37-35-33-31-29-14-12-10-8-6-4-2/h37,39,42-43,46H,3-36,38,40-41H2,1-2H3,(H,45,47)(H2,48,49,50)/b39-37+/t42-,43+/m0/s1. The molecule has 0 aliphatic carbocycles. The Balaban J connectivity index is 3.76. The molecule has 0 rings (SSSR count). The van der Waals surface area contributed by atoms with E-state index in [-0.39, 0.29) is 5.91 Å². The summed E-state index contributed by atoms with van der Waals surface area (Å²) in [6.07, 6.45) is 48.3. The van der Waals surface area contributed by atoms with Gasteiger partial charge in [0.2, 0.25) is 5.91 Å². The smallest absolute Gasteiger partial charge is 0.387 e. The Morgan fingerprint density at radius 3 is 1.17 bits per heavy atom. The summed E-state index contributed by atoms with van der Waals surface area (Å²) in [6, 6.07) is -0.904. The van der Waals surface area contributed by atoms with Gasteiger partial charge in [0.05, 0.1) is 18.8 Å². The molecular weight excluding hydrogens is 669 g/mol. The molecular formula is C44H88NO6P. The summed E-state index contributed by atoms with van der Waals surface area (Å²) in [5.41, 5.74) is 0. The summed E-state index contributed by atoms with van der Waals surface area (Å²) >= 11 is 0. The van der Waals surface area contributed by atoms with E-state index in [1.807, 2.05) is 6.08 Å². The molecule has 0 bridgehead atoms. The minimum absolute atomic E-state index is 0.222. The molecule has 0 heterocycles. The van der Waals surface area contributed by atoms with Gasteiger partial charge in [0.1, 0.15) is 0 Å². The first-order chi connectivity index (χ1) is 25.3. The van der Waals surface area contributed by atoms with Crippen LogP contribution in [-0.4, -0.2) is 39.6 Å². The van der Waals surface area contributed by atoms with E-state index in [0.717, 1.165) is 38.5 Å². The van der Waals surface area contributed by atoms with Gasteiger partial charge >= 0.3 is 7.82 Å². The van der Waals surface area contributed by atoms with Gasteiger partial charge in [-0.05, 0) is 19.3 Å². The van der Waals surface area contributed by atoms with Gasteiger partial charge in [-0.1, -0.05) is 231 Å². The van der Waals surface area contributed by atoms with Gasteiger partial charge in [0.25, 0.3) is 0 Å².